The van der Waals surface area contributed by atoms with Gasteiger partial charge in [-0.25, -0.2) is 0 Å². The van der Waals surface area contributed by atoms with Crippen molar-refractivity contribution < 1.29 is 0 Å². The molecule has 1 aliphatic rings. The minimum atomic E-state index is 0.316. The van der Waals surface area contributed by atoms with E-state index < -0.39 is 0 Å². The van der Waals surface area contributed by atoms with Gasteiger partial charge in [-0.2, -0.15) is 0 Å². The summed E-state index contributed by atoms with van der Waals surface area (Å²) >= 11 is 0. The Morgan fingerprint density at radius 3 is 2.19 bits per heavy atom. The molecule has 0 heterocycles. The van der Waals surface area contributed by atoms with Gasteiger partial charge in [-0.3, -0.25) is 0 Å². The van der Waals surface area contributed by atoms with Gasteiger partial charge in [-0.15, -0.1) is 0 Å². The molecule has 0 unspecified atom stereocenters. The van der Waals surface area contributed by atoms with E-state index in [1.807, 2.05) is 0 Å². The molecule has 0 saturated heterocycles. The standard InChI is InChI=1S/C15H23N/c1-12(2)10-13-4-6-14(7-5-13)15(11-16)8-3-9-15/h4-7,12H,3,8-11,16H2,1-2H3. The summed E-state index contributed by atoms with van der Waals surface area (Å²) in [4.78, 5) is 0. The summed E-state index contributed by atoms with van der Waals surface area (Å²) in [5.41, 5.74) is 9.14. The van der Waals surface area contributed by atoms with Crippen molar-refractivity contribution in [3.05, 3.63) is 35.4 Å². The molecule has 1 saturated carbocycles. The number of hydrogen-bond donors (Lipinski definition) is 1. The van der Waals surface area contributed by atoms with Gasteiger partial charge in [0.15, 0.2) is 0 Å². The lowest BCUT2D eigenvalue weighted by Gasteiger charge is -2.41. The van der Waals surface area contributed by atoms with Crippen LogP contribution >= 0.6 is 0 Å². The van der Waals surface area contributed by atoms with Crippen LogP contribution < -0.4 is 5.73 Å². The molecule has 0 aliphatic heterocycles. The molecule has 1 aromatic carbocycles. The van der Waals surface area contributed by atoms with Crippen molar-refractivity contribution in [2.75, 3.05) is 6.54 Å². The van der Waals surface area contributed by atoms with Crippen molar-refractivity contribution in [2.45, 2.75) is 44.9 Å². The molecular weight excluding hydrogens is 194 g/mol. The Morgan fingerprint density at radius 2 is 1.81 bits per heavy atom. The molecule has 1 aromatic rings. The maximum atomic E-state index is 5.92. The second kappa shape index (κ2) is 4.58. The molecule has 16 heavy (non-hydrogen) atoms. The first kappa shape index (κ1) is 11.7. The third-order valence-electron chi connectivity index (χ3n) is 3.91. The van der Waals surface area contributed by atoms with E-state index >= 15 is 0 Å². The van der Waals surface area contributed by atoms with Gasteiger partial charge in [0.2, 0.25) is 0 Å². The van der Waals surface area contributed by atoms with Crippen molar-refractivity contribution in [3.63, 3.8) is 0 Å². The zero-order chi connectivity index (χ0) is 11.6. The molecule has 1 heteroatoms. The van der Waals surface area contributed by atoms with Crippen LogP contribution in [-0.2, 0) is 11.8 Å². The highest BCUT2D eigenvalue weighted by molar-refractivity contribution is 5.31. The fraction of sp³-hybridized carbons (Fsp3) is 0.600. The summed E-state index contributed by atoms with van der Waals surface area (Å²) in [5, 5.41) is 0. The second-order valence-corrected chi connectivity index (χ2v) is 5.63. The smallest absolute Gasteiger partial charge is 0.00755 e. The summed E-state index contributed by atoms with van der Waals surface area (Å²) in [5.74, 6) is 0.734. The van der Waals surface area contributed by atoms with Crippen LogP contribution in [0.3, 0.4) is 0 Å². The Balaban J connectivity index is 2.12. The summed E-state index contributed by atoms with van der Waals surface area (Å²) in [7, 11) is 0. The molecule has 0 aromatic heterocycles. The Kier molecular flexibility index (Phi) is 3.34. The highest BCUT2D eigenvalue weighted by Crippen LogP contribution is 2.42. The lowest BCUT2D eigenvalue weighted by atomic mass is 9.64. The Hall–Kier alpha value is -0.820. The predicted octanol–water partition coefficient (Wildman–Crippen LogP) is 3.27. The number of benzene rings is 1. The SMILES string of the molecule is CC(C)Cc1ccc(C2(CN)CCC2)cc1. The molecule has 0 spiro atoms. The monoisotopic (exact) mass is 217 g/mol. The fourth-order valence-corrected chi connectivity index (χ4v) is 2.68. The molecule has 0 radical (unpaired) electrons. The van der Waals surface area contributed by atoms with E-state index in [9.17, 15) is 0 Å². The lowest BCUT2D eigenvalue weighted by molar-refractivity contribution is 0.253. The van der Waals surface area contributed by atoms with E-state index in [1.54, 1.807) is 0 Å². The van der Waals surface area contributed by atoms with Gasteiger partial charge >= 0.3 is 0 Å². The van der Waals surface area contributed by atoms with Crippen molar-refractivity contribution in [3.8, 4) is 0 Å². The molecule has 88 valence electrons. The average molecular weight is 217 g/mol. The van der Waals surface area contributed by atoms with Crippen LogP contribution in [0.15, 0.2) is 24.3 Å². The van der Waals surface area contributed by atoms with Gasteiger partial charge < -0.3 is 5.73 Å². The number of rotatable bonds is 4. The van der Waals surface area contributed by atoms with E-state index in [0.29, 0.717) is 5.41 Å². The van der Waals surface area contributed by atoms with Gasteiger partial charge in [-0.05, 0) is 36.3 Å². The first-order valence-electron chi connectivity index (χ1n) is 6.46. The van der Waals surface area contributed by atoms with Gasteiger partial charge in [0.1, 0.15) is 0 Å². The molecular formula is C15H23N. The third-order valence-corrected chi connectivity index (χ3v) is 3.91. The zero-order valence-corrected chi connectivity index (χ0v) is 10.5. The highest BCUT2D eigenvalue weighted by atomic mass is 14.6. The minimum absolute atomic E-state index is 0.316. The third kappa shape index (κ3) is 2.15. The predicted molar refractivity (Wildman–Crippen MR) is 69.6 cm³/mol. The van der Waals surface area contributed by atoms with Crippen LogP contribution in [0.4, 0.5) is 0 Å². The van der Waals surface area contributed by atoms with E-state index in [2.05, 4.69) is 38.1 Å². The van der Waals surface area contributed by atoms with Gasteiger partial charge in [0.05, 0.1) is 0 Å². The summed E-state index contributed by atoms with van der Waals surface area (Å²) in [6.07, 6.45) is 5.06. The molecule has 1 fully saturated rings. The summed E-state index contributed by atoms with van der Waals surface area (Å²) < 4.78 is 0. The molecule has 2 N–H and O–H groups in total. The topological polar surface area (TPSA) is 26.0 Å². The first-order chi connectivity index (χ1) is 7.66. The van der Waals surface area contributed by atoms with Crippen LogP contribution in [0.1, 0.15) is 44.2 Å². The van der Waals surface area contributed by atoms with Crippen LogP contribution in [0, 0.1) is 5.92 Å². The summed E-state index contributed by atoms with van der Waals surface area (Å²) in [6, 6.07) is 9.16. The van der Waals surface area contributed by atoms with Crippen LogP contribution in [-0.4, -0.2) is 6.54 Å². The van der Waals surface area contributed by atoms with Gasteiger partial charge in [0, 0.05) is 12.0 Å². The quantitative estimate of drug-likeness (QED) is 0.823. The maximum absolute atomic E-state index is 5.92. The Bertz CT molecular complexity index is 327. The molecule has 0 amide bonds. The molecule has 0 atom stereocenters. The molecule has 2 rings (SSSR count). The van der Waals surface area contributed by atoms with Crippen molar-refractivity contribution in [2.24, 2.45) is 11.7 Å². The lowest BCUT2D eigenvalue weighted by Crippen LogP contribution is -2.41. The van der Waals surface area contributed by atoms with Crippen LogP contribution in [0.2, 0.25) is 0 Å². The van der Waals surface area contributed by atoms with Crippen LogP contribution in [0.25, 0.3) is 0 Å². The number of hydrogen-bond acceptors (Lipinski definition) is 1. The maximum Gasteiger partial charge on any atom is 0.00755 e. The fourth-order valence-electron chi connectivity index (χ4n) is 2.68. The van der Waals surface area contributed by atoms with E-state index in [4.69, 9.17) is 5.73 Å². The van der Waals surface area contributed by atoms with Crippen LogP contribution in [0.5, 0.6) is 0 Å². The van der Waals surface area contributed by atoms with Crippen molar-refractivity contribution >= 4 is 0 Å². The number of nitrogens with two attached hydrogens (primary N) is 1. The zero-order valence-electron chi connectivity index (χ0n) is 10.5. The molecule has 1 nitrogen and oxygen atoms in total. The Morgan fingerprint density at radius 1 is 1.19 bits per heavy atom. The second-order valence-electron chi connectivity index (χ2n) is 5.63. The van der Waals surface area contributed by atoms with Crippen molar-refractivity contribution in [1.82, 2.24) is 0 Å². The van der Waals surface area contributed by atoms with E-state index in [0.717, 1.165) is 12.5 Å². The summed E-state index contributed by atoms with van der Waals surface area (Å²) in [6.45, 7) is 5.33. The van der Waals surface area contributed by atoms with E-state index in [1.165, 1.54) is 36.8 Å². The molecule has 0 bridgehead atoms. The normalized spacial score (nSPS) is 18.5. The highest BCUT2D eigenvalue weighted by Gasteiger charge is 2.36. The first-order valence-corrected chi connectivity index (χ1v) is 6.46. The average Bonchev–Trinajstić information content (AvgIpc) is 2.19. The van der Waals surface area contributed by atoms with Gasteiger partial charge in [-0.1, -0.05) is 44.5 Å². The van der Waals surface area contributed by atoms with E-state index in [-0.39, 0.29) is 0 Å². The van der Waals surface area contributed by atoms with Gasteiger partial charge in [0.25, 0.3) is 0 Å². The molecule has 1 aliphatic carbocycles. The Labute approximate surface area is 99.0 Å². The largest absolute Gasteiger partial charge is 0.330 e. The van der Waals surface area contributed by atoms with Crippen molar-refractivity contribution in [1.29, 1.82) is 0 Å². The minimum Gasteiger partial charge on any atom is -0.330 e.